The van der Waals surface area contributed by atoms with Gasteiger partial charge in [-0.3, -0.25) is 14.3 Å². The Labute approximate surface area is 177 Å². The van der Waals surface area contributed by atoms with Crippen molar-refractivity contribution >= 4 is 0 Å². The second-order valence-corrected chi connectivity index (χ2v) is 8.73. The van der Waals surface area contributed by atoms with Crippen LogP contribution in [0.15, 0.2) is 50.6 Å². The van der Waals surface area contributed by atoms with Gasteiger partial charge < -0.3 is 19.5 Å². The van der Waals surface area contributed by atoms with E-state index in [9.17, 15) is 19.8 Å². The summed E-state index contributed by atoms with van der Waals surface area (Å²) < 4.78 is 12.1. The van der Waals surface area contributed by atoms with Crippen molar-refractivity contribution in [1.82, 2.24) is 14.7 Å². The summed E-state index contributed by atoms with van der Waals surface area (Å²) in [7, 11) is 0. The third kappa shape index (κ3) is 4.12. The number of aliphatic hydroxyl groups excluding tert-OH is 2. The first-order valence-corrected chi connectivity index (χ1v) is 10.0. The van der Waals surface area contributed by atoms with E-state index >= 15 is 0 Å². The molecule has 1 aliphatic rings. The van der Waals surface area contributed by atoms with Gasteiger partial charge in [-0.25, -0.2) is 4.79 Å². The molecule has 1 saturated heterocycles. The van der Waals surface area contributed by atoms with E-state index in [1.165, 1.54) is 16.3 Å². The zero-order valence-electron chi connectivity index (χ0n) is 17.5. The maximum Gasteiger partial charge on any atom is 0.330 e. The summed E-state index contributed by atoms with van der Waals surface area (Å²) in [5, 5.41) is 23.3. The quantitative estimate of drug-likeness (QED) is 0.579. The number of nitrogens with one attached hydrogen (secondary N) is 1. The first-order valence-electron chi connectivity index (χ1n) is 10.0. The SMILES string of the molecule is CC(C)(C)c1ccc(-c2cc(-c3cn([C@H]4C[C@H](O)[C@@H](CO)O4)c(=O)[nH]c3=O)on2)cc1. The Hall–Kier alpha value is -3.01. The molecule has 4 rings (SSSR count). The third-order valence-electron chi connectivity index (χ3n) is 5.48. The molecule has 3 heterocycles. The summed E-state index contributed by atoms with van der Waals surface area (Å²) in [5.41, 5.74) is 1.41. The number of ether oxygens (including phenoxy) is 1. The highest BCUT2D eigenvalue weighted by Crippen LogP contribution is 2.30. The van der Waals surface area contributed by atoms with E-state index in [0.29, 0.717) is 5.69 Å². The average molecular weight is 427 g/mol. The van der Waals surface area contributed by atoms with E-state index in [1.54, 1.807) is 6.07 Å². The lowest BCUT2D eigenvalue weighted by molar-refractivity contribution is -0.0458. The van der Waals surface area contributed by atoms with E-state index in [1.807, 2.05) is 24.3 Å². The normalized spacial score (nSPS) is 21.5. The summed E-state index contributed by atoms with van der Waals surface area (Å²) in [6.45, 7) is 6.02. The highest BCUT2D eigenvalue weighted by atomic mass is 16.5. The molecule has 0 unspecified atom stereocenters. The smallest absolute Gasteiger partial charge is 0.330 e. The number of aromatic amines is 1. The Balaban J connectivity index is 1.66. The Morgan fingerprint density at radius 1 is 1.23 bits per heavy atom. The van der Waals surface area contributed by atoms with E-state index in [4.69, 9.17) is 9.26 Å². The third-order valence-corrected chi connectivity index (χ3v) is 5.48. The first kappa shape index (κ1) is 21.2. The molecule has 0 spiro atoms. The zero-order valence-corrected chi connectivity index (χ0v) is 17.5. The molecule has 0 radical (unpaired) electrons. The molecule has 1 fully saturated rings. The second kappa shape index (κ2) is 7.92. The van der Waals surface area contributed by atoms with Crippen molar-refractivity contribution in [3.63, 3.8) is 0 Å². The number of nitrogens with zero attached hydrogens (tertiary/aromatic N) is 2. The maximum atomic E-state index is 12.4. The first-order chi connectivity index (χ1) is 14.7. The Kier molecular flexibility index (Phi) is 5.42. The number of hydrogen-bond donors (Lipinski definition) is 3. The van der Waals surface area contributed by atoms with Crippen molar-refractivity contribution in [2.24, 2.45) is 0 Å². The Morgan fingerprint density at radius 3 is 2.55 bits per heavy atom. The van der Waals surface area contributed by atoms with Gasteiger partial charge in [0, 0.05) is 24.2 Å². The summed E-state index contributed by atoms with van der Waals surface area (Å²) in [5.74, 6) is 0.196. The fourth-order valence-corrected chi connectivity index (χ4v) is 3.60. The molecular formula is C22H25N3O6. The van der Waals surface area contributed by atoms with Gasteiger partial charge in [0.2, 0.25) is 0 Å². The van der Waals surface area contributed by atoms with E-state index in [2.05, 4.69) is 30.9 Å². The predicted octanol–water partition coefficient (Wildman–Crippen LogP) is 1.80. The van der Waals surface area contributed by atoms with Crippen molar-refractivity contribution in [1.29, 1.82) is 0 Å². The second-order valence-electron chi connectivity index (χ2n) is 8.73. The summed E-state index contributed by atoms with van der Waals surface area (Å²) in [6, 6.07) is 9.56. The number of hydrogen-bond acceptors (Lipinski definition) is 7. The van der Waals surface area contributed by atoms with Crippen LogP contribution in [0.25, 0.3) is 22.6 Å². The van der Waals surface area contributed by atoms with Crippen LogP contribution >= 0.6 is 0 Å². The minimum absolute atomic E-state index is 0.0272. The Bertz CT molecular complexity index is 1190. The van der Waals surface area contributed by atoms with Gasteiger partial charge >= 0.3 is 5.69 Å². The standard InChI is InChI=1S/C22H25N3O6/c1-22(2,3)13-6-4-12(5-7-13)15-8-17(31-24-15)14-10-25(21(29)23-20(14)28)19-9-16(27)18(11-26)30-19/h4-8,10,16,18-19,26-27H,9,11H2,1-3H3,(H,23,28,29)/t16-,18+,19+/m0/s1. The monoisotopic (exact) mass is 427 g/mol. The highest BCUT2D eigenvalue weighted by molar-refractivity contribution is 5.66. The molecule has 3 N–H and O–H groups in total. The number of benzene rings is 1. The topological polar surface area (TPSA) is 131 Å². The van der Waals surface area contributed by atoms with Gasteiger partial charge in [0.15, 0.2) is 5.76 Å². The van der Waals surface area contributed by atoms with Gasteiger partial charge in [-0.2, -0.15) is 0 Å². The van der Waals surface area contributed by atoms with Gasteiger partial charge in [-0.05, 0) is 11.0 Å². The van der Waals surface area contributed by atoms with Crippen LogP contribution in [0.3, 0.4) is 0 Å². The molecular weight excluding hydrogens is 402 g/mol. The number of aliphatic hydroxyl groups is 2. The minimum atomic E-state index is -0.912. The molecule has 0 amide bonds. The fraction of sp³-hybridized carbons (Fsp3) is 0.409. The summed E-state index contributed by atoms with van der Waals surface area (Å²) in [6.07, 6.45) is -1.09. The van der Waals surface area contributed by atoms with Crippen molar-refractivity contribution in [3.8, 4) is 22.6 Å². The van der Waals surface area contributed by atoms with Crippen LogP contribution in [0.4, 0.5) is 0 Å². The molecule has 9 nitrogen and oxygen atoms in total. The van der Waals surface area contributed by atoms with Crippen LogP contribution < -0.4 is 11.2 Å². The lowest BCUT2D eigenvalue weighted by atomic mass is 9.86. The van der Waals surface area contributed by atoms with Crippen molar-refractivity contribution in [2.75, 3.05) is 6.61 Å². The summed E-state index contributed by atoms with van der Waals surface area (Å²) in [4.78, 5) is 26.9. The lowest BCUT2D eigenvalue weighted by Crippen LogP contribution is -2.33. The van der Waals surface area contributed by atoms with Gasteiger partial charge in [0.25, 0.3) is 5.56 Å². The number of rotatable bonds is 4. The van der Waals surface area contributed by atoms with Gasteiger partial charge in [0.05, 0.1) is 12.7 Å². The molecule has 0 bridgehead atoms. The van der Waals surface area contributed by atoms with Crippen molar-refractivity contribution < 1.29 is 19.5 Å². The summed E-state index contributed by atoms with van der Waals surface area (Å²) >= 11 is 0. The van der Waals surface area contributed by atoms with Crippen molar-refractivity contribution in [3.05, 3.63) is 62.9 Å². The number of H-pyrrole nitrogens is 1. The van der Waals surface area contributed by atoms with Crippen LogP contribution in [0.2, 0.25) is 0 Å². The molecule has 3 aromatic rings. The van der Waals surface area contributed by atoms with Crippen LogP contribution in [0.1, 0.15) is 39.0 Å². The van der Waals surface area contributed by atoms with Crippen LogP contribution in [-0.2, 0) is 10.2 Å². The Morgan fingerprint density at radius 2 is 1.94 bits per heavy atom. The van der Waals surface area contributed by atoms with E-state index < -0.39 is 29.7 Å². The number of aromatic nitrogens is 3. The van der Waals surface area contributed by atoms with Crippen LogP contribution in [-0.4, -0.2) is 43.7 Å². The average Bonchev–Trinajstić information content (AvgIpc) is 3.34. The van der Waals surface area contributed by atoms with Crippen molar-refractivity contribution in [2.45, 2.75) is 51.0 Å². The largest absolute Gasteiger partial charge is 0.394 e. The molecule has 0 aliphatic carbocycles. The molecule has 2 aromatic heterocycles. The molecule has 1 aliphatic heterocycles. The molecule has 3 atom stereocenters. The maximum absolute atomic E-state index is 12.4. The lowest BCUT2D eigenvalue weighted by Gasteiger charge is -2.18. The molecule has 1 aromatic carbocycles. The molecule has 164 valence electrons. The predicted molar refractivity (Wildman–Crippen MR) is 113 cm³/mol. The molecule has 31 heavy (non-hydrogen) atoms. The van der Waals surface area contributed by atoms with E-state index in [0.717, 1.165) is 5.56 Å². The van der Waals surface area contributed by atoms with Crippen LogP contribution in [0.5, 0.6) is 0 Å². The van der Waals surface area contributed by atoms with Gasteiger partial charge in [-0.1, -0.05) is 50.2 Å². The van der Waals surface area contributed by atoms with Crippen LogP contribution in [0, 0.1) is 0 Å². The zero-order chi connectivity index (χ0) is 22.3. The fourth-order valence-electron chi connectivity index (χ4n) is 3.60. The van der Waals surface area contributed by atoms with E-state index in [-0.39, 0.29) is 29.8 Å². The highest BCUT2D eigenvalue weighted by Gasteiger charge is 2.35. The molecule has 0 saturated carbocycles. The van der Waals surface area contributed by atoms with Gasteiger partial charge in [0.1, 0.15) is 23.6 Å². The van der Waals surface area contributed by atoms with Gasteiger partial charge in [-0.15, -0.1) is 0 Å². The minimum Gasteiger partial charge on any atom is -0.394 e. The molecule has 9 heteroatoms.